The molecule has 0 atom stereocenters. The Hall–Kier alpha value is -1.86. The molecule has 0 bridgehead atoms. The van der Waals surface area contributed by atoms with E-state index in [1.54, 1.807) is 30.2 Å². The summed E-state index contributed by atoms with van der Waals surface area (Å²) in [5, 5.41) is 4.30. The molecule has 0 unspecified atom stereocenters. The van der Waals surface area contributed by atoms with Crippen LogP contribution in [0.4, 0.5) is 0 Å². The Bertz CT molecular complexity index is 760. The van der Waals surface area contributed by atoms with Gasteiger partial charge in [0.2, 0.25) is 0 Å². The molecular weight excluding hydrogens is 348 g/mol. The van der Waals surface area contributed by atoms with E-state index in [2.05, 4.69) is 20.3 Å². The Morgan fingerprint density at radius 3 is 2.62 bits per heavy atom. The second kappa shape index (κ2) is 7.81. The van der Waals surface area contributed by atoms with E-state index in [0.717, 1.165) is 30.8 Å². The van der Waals surface area contributed by atoms with Crippen molar-refractivity contribution in [2.45, 2.75) is 42.1 Å². The average Bonchev–Trinajstić information content (AvgIpc) is 2.60. The molecular formula is C16H17ClN4O2S. The normalized spacial score (nSPS) is 20.5. The smallest absolute Gasteiger partial charge is 0.266 e. The summed E-state index contributed by atoms with van der Waals surface area (Å²) < 4.78 is 0. The van der Waals surface area contributed by atoms with Crippen LogP contribution in [0.25, 0.3) is 0 Å². The van der Waals surface area contributed by atoms with Crippen molar-refractivity contribution >= 4 is 29.3 Å². The zero-order valence-corrected chi connectivity index (χ0v) is 14.4. The number of nitrogens with one attached hydrogen (secondary N) is 2. The lowest BCUT2D eigenvalue weighted by atomic mass is 9.95. The van der Waals surface area contributed by atoms with Gasteiger partial charge >= 0.3 is 0 Å². The maximum atomic E-state index is 12.2. The number of hydrogen-bond acceptors (Lipinski definition) is 5. The predicted molar refractivity (Wildman–Crippen MR) is 93.5 cm³/mol. The molecule has 0 spiro atoms. The minimum absolute atomic E-state index is 0.0191. The molecule has 3 rings (SSSR count). The van der Waals surface area contributed by atoms with Crippen LogP contribution >= 0.6 is 23.4 Å². The first-order valence-electron chi connectivity index (χ1n) is 7.74. The number of hydrogen-bond donors (Lipinski definition) is 2. The zero-order valence-electron chi connectivity index (χ0n) is 12.9. The fraction of sp³-hybridized carbons (Fsp3) is 0.375. The lowest BCUT2D eigenvalue weighted by Gasteiger charge is -2.28. The predicted octanol–water partition coefficient (Wildman–Crippen LogP) is 2.65. The highest BCUT2D eigenvalue weighted by Crippen LogP contribution is 2.31. The van der Waals surface area contributed by atoms with E-state index in [1.165, 1.54) is 12.3 Å². The van der Waals surface area contributed by atoms with Gasteiger partial charge in [0.15, 0.2) is 5.16 Å². The van der Waals surface area contributed by atoms with Gasteiger partial charge in [0.05, 0.1) is 5.56 Å². The third-order valence-corrected chi connectivity index (χ3v) is 5.45. The van der Waals surface area contributed by atoms with Crippen molar-refractivity contribution in [3.8, 4) is 0 Å². The summed E-state index contributed by atoms with van der Waals surface area (Å²) in [5.74, 6) is -0.212. The van der Waals surface area contributed by atoms with Gasteiger partial charge in [-0.05, 0) is 37.8 Å². The van der Waals surface area contributed by atoms with Gasteiger partial charge in [-0.1, -0.05) is 23.4 Å². The van der Waals surface area contributed by atoms with Gasteiger partial charge in [0.1, 0.15) is 5.02 Å². The Labute approximate surface area is 148 Å². The van der Waals surface area contributed by atoms with Gasteiger partial charge in [-0.25, -0.2) is 9.97 Å². The van der Waals surface area contributed by atoms with Crippen LogP contribution in [0, 0.1) is 0 Å². The van der Waals surface area contributed by atoms with Crippen molar-refractivity contribution < 1.29 is 4.79 Å². The lowest BCUT2D eigenvalue weighted by molar-refractivity contribution is 0.0927. The highest BCUT2D eigenvalue weighted by molar-refractivity contribution is 7.99. The summed E-state index contributed by atoms with van der Waals surface area (Å²) in [6, 6.07) is 3.33. The standard InChI is InChI=1S/C16H17ClN4O2S/c17-13-8-10(9-20-15(13)23)14(22)21-11-2-4-12(5-3-11)24-16-18-6-1-7-19-16/h1,6-9,11-12H,2-5H2,(H,20,23)(H,21,22). The first kappa shape index (κ1) is 17.0. The maximum Gasteiger partial charge on any atom is 0.266 e. The number of halogens is 1. The van der Waals surface area contributed by atoms with Crippen molar-refractivity contribution in [3.05, 3.63) is 51.7 Å². The van der Waals surface area contributed by atoms with Crippen molar-refractivity contribution in [1.29, 1.82) is 0 Å². The molecule has 126 valence electrons. The molecule has 1 fully saturated rings. The largest absolute Gasteiger partial charge is 0.349 e. The number of pyridine rings is 1. The van der Waals surface area contributed by atoms with Crippen molar-refractivity contribution in [3.63, 3.8) is 0 Å². The number of carbonyl (C=O) groups excluding carboxylic acids is 1. The van der Waals surface area contributed by atoms with Crippen LogP contribution in [0.5, 0.6) is 0 Å². The van der Waals surface area contributed by atoms with Gasteiger partial charge in [-0.2, -0.15) is 0 Å². The van der Waals surface area contributed by atoms with Crippen molar-refractivity contribution in [2.75, 3.05) is 0 Å². The van der Waals surface area contributed by atoms with Gasteiger partial charge < -0.3 is 10.3 Å². The second-order valence-electron chi connectivity index (χ2n) is 5.66. The number of carbonyl (C=O) groups is 1. The van der Waals surface area contributed by atoms with Gasteiger partial charge in [0, 0.05) is 29.9 Å². The van der Waals surface area contributed by atoms with Gasteiger partial charge in [-0.3, -0.25) is 9.59 Å². The number of nitrogens with zero attached hydrogens (tertiary/aromatic N) is 2. The molecule has 2 N–H and O–H groups in total. The van der Waals surface area contributed by atoms with E-state index in [4.69, 9.17) is 11.6 Å². The van der Waals surface area contributed by atoms with Crippen LogP contribution in [0.2, 0.25) is 5.02 Å². The van der Waals surface area contributed by atoms with Crippen molar-refractivity contribution in [2.24, 2.45) is 0 Å². The number of aromatic nitrogens is 3. The maximum absolute atomic E-state index is 12.2. The summed E-state index contributed by atoms with van der Waals surface area (Å²) in [7, 11) is 0. The second-order valence-corrected chi connectivity index (χ2v) is 7.34. The first-order valence-corrected chi connectivity index (χ1v) is 9.00. The molecule has 0 saturated heterocycles. The third kappa shape index (κ3) is 4.36. The SMILES string of the molecule is O=C(NC1CCC(Sc2ncccn2)CC1)c1c[nH]c(=O)c(Cl)c1. The Kier molecular flexibility index (Phi) is 5.52. The highest BCUT2D eigenvalue weighted by atomic mass is 35.5. The van der Waals surface area contributed by atoms with E-state index >= 15 is 0 Å². The fourth-order valence-corrected chi connectivity index (χ4v) is 3.90. The minimum atomic E-state index is -0.395. The number of H-pyrrole nitrogens is 1. The summed E-state index contributed by atoms with van der Waals surface area (Å²) in [4.78, 5) is 34.4. The minimum Gasteiger partial charge on any atom is -0.349 e. The van der Waals surface area contributed by atoms with Crippen LogP contribution in [0.1, 0.15) is 36.0 Å². The molecule has 1 aliphatic carbocycles. The first-order chi connectivity index (χ1) is 11.6. The molecule has 2 aromatic rings. The highest BCUT2D eigenvalue weighted by Gasteiger charge is 2.24. The molecule has 24 heavy (non-hydrogen) atoms. The fourth-order valence-electron chi connectivity index (χ4n) is 2.68. The molecule has 2 aromatic heterocycles. The molecule has 1 amide bonds. The number of thioether (sulfide) groups is 1. The zero-order chi connectivity index (χ0) is 16.9. The molecule has 2 heterocycles. The molecule has 6 nitrogen and oxygen atoms in total. The summed E-state index contributed by atoms with van der Waals surface area (Å²) in [6.45, 7) is 0. The number of aromatic amines is 1. The molecule has 1 saturated carbocycles. The van der Waals surface area contributed by atoms with E-state index in [9.17, 15) is 9.59 Å². The molecule has 0 aliphatic heterocycles. The topological polar surface area (TPSA) is 87.7 Å². The molecule has 8 heteroatoms. The van der Waals surface area contributed by atoms with Crippen LogP contribution in [0.15, 0.2) is 40.7 Å². The summed E-state index contributed by atoms with van der Waals surface area (Å²) in [5.41, 5.74) is -0.0253. The van der Waals surface area contributed by atoms with Gasteiger partial charge in [-0.15, -0.1) is 0 Å². The number of amides is 1. The average molecular weight is 365 g/mol. The Balaban J connectivity index is 1.50. The lowest BCUT2D eigenvalue weighted by Crippen LogP contribution is -2.38. The Morgan fingerprint density at radius 2 is 1.96 bits per heavy atom. The van der Waals surface area contributed by atoms with Crippen LogP contribution < -0.4 is 10.9 Å². The van der Waals surface area contributed by atoms with Crippen LogP contribution in [0.3, 0.4) is 0 Å². The van der Waals surface area contributed by atoms with Crippen LogP contribution in [-0.4, -0.2) is 32.2 Å². The summed E-state index contributed by atoms with van der Waals surface area (Å²) >= 11 is 7.45. The van der Waals surface area contributed by atoms with Crippen LogP contribution in [-0.2, 0) is 0 Å². The molecule has 0 radical (unpaired) electrons. The van der Waals surface area contributed by atoms with E-state index in [-0.39, 0.29) is 17.0 Å². The molecule has 0 aromatic carbocycles. The van der Waals surface area contributed by atoms with Gasteiger partial charge in [0.25, 0.3) is 11.5 Å². The quantitative estimate of drug-likeness (QED) is 0.814. The Morgan fingerprint density at radius 1 is 1.25 bits per heavy atom. The number of rotatable bonds is 4. The van der Waals surface area contributed by atoms with E-state index in [1.807, 2.05) is 0 Å². The van der Waals surface area contributed by atoms with E-state index in [0.29, 0.717) is 10.8 Å². The van der Waals surface area contributed by atoms with E-state index < -0.39 is 5.56 Å². The molecule has 1 aliphatic rings. The van der Waals surface area contributed by atoms with Crippen molar-refractivity contribution in [1.82, 2.24) is 20.3 Å². The monoisotopic (exact) mass is 364 g/mol. The third-order valence-electron chi connectivity index (χ3n) is 3.94. The summed E-state index contributed by atoms with van der Waals surface area (Å²) in [6.07, 6.45) is 8.70.